The predicted molar refractivity (Wildman–Crippen MR) is 129 cm³/mol. The van der Waals surface area contributed by atoms with Gasteiger partial charge in [-0.25, -0.2) is 0 Å². The molecule has 1 aliphatic rings. The van der Waals surface area contributed by atoms with Gasteiger partial charge in [-0.3, -0.25) is 0 Å². The van der Waals surface area contributed by atoms with Gasteiger partial charge in [-0.05, 0) is 59.7 Å². The van der Waals surface area contributed by atoms with E-state index >= 15 is 0 Å². The van der Waals surface area contributed by atoms with Crippen LogP contribution in [-0.2, 0) is 5.41 Å². The van der Waals surface area contributed by atoms with Crippen molar-refractivity contribution >= 4 is 0 Å². The zero-order valence-corrected chi connectivity index (χ0v) is 18.7. The Morgan fingerprint density at radius 1 is 0.500 bits per heavy atom. The van der Waals surface area contributed by atoms with Crippen molar-refractivity contribution in [3.8, 4) is 11.1 Å². The molecule has 30 heavy (non-hydrogen) atoms. The number of aryl methyl sites for hydroxylation is 3. The summed E-state index contributed by atoms with van der Waals surface area (Å²) in [5.41, 5.74) is 11.8. The minimum atomic E-state index is -0.278. The van der Waals surface area contributed by atoms with Gasteiger partial charge in [-0.2, -0.15) is 0 Å². The minimum Gasteiger partial charge on any atom is -0.0683 e. The Labute approximate surface area is 181 Å². The second-order valence-corrected chi connectivity index (χ2v) is 8.03. The molecule has 0 amide bonds. The summed E-state index contributed by atoms with van der Waals surface area (Å²) >= 11 is 0. The molecule has 4 aromatic carbocycles. The van der Waals surface area contributed by atoms with E-state index in [0.717, 1.165) is 0 Å². The Bertz CT molecular complexity index is 1120. The largest absolute Gasteiger partial charge is 0.0713 e. The highest BCUT2D eigenvalue weighted by atomic mass is 14.5. The third-order valence-electron chi connectivity index (χ3n) is 6.25. The molecule has 1 aliphatic carbocycles. The fraction of sp³-hybridized carbons (Fsp3) is 0.200. The Hall–Kier alpha value is -3.12. The van der Waals surface area contributed by atoms with Crippen LogP contribution in [0.2, 0.25) is 0 Å². The van der Waals surface area contributed by atoms with E-state index in [0.29, 0.717) is 0 Å². The van der Waals surface area contributed by atoms with Crippen LogP contribution in [0, 0.1) is 20.8 Å². The Morgan fingerprint density at radius 2 is 1.00 bits per heavy atom. The third kappa shape index (κ3) is 2.91. The van der Waals surface area contributed by atoms with E-state index in [2.05, 4.69) is 112 Å². The van der Waals surface area contributed by atoms with E-state index in [9.17, 15) is 0 Å². The first-order valence-corrected chi connectivity index (χ1v) is 11.0. The zero-order chi connectivity index (χ0) is 21.3. The molecule has 0 saturated carbocycles. The van der Waals surface area contributed by atoms with Crippen molar-refractivity contribution in [2.45, 2.75) is 40.0 Å². The fourth-order valence-electron chi connectivity index (χ4n) is 4.91. The summed E-state index contributed by atoms with van der Waals surface area (Å²) in [5, 5.41) is 0. The molecule has 0 heteroatoms. The maximum Gasteiger partial charge on any atom is 0.0713 e. The van der Waals surface area contributed by atoms with E-state index in [1.54, 1.807) is 0 Å². The number of benzene rings is 4. The summed E-state index contributed by atoms with van der Waals surface area (Å²) in [7, 11) is 0. The molecule has 0 aromatic heterocycles. The molecule has 0 atom stereocenters. The molecular formula is C30H30. The van der Waals surface area contributed by atoms with Gasteiger partial charge in [-0.15, -0.1) is 0 Å². The molecule has 0 unspecified atom stereocenters. The fourth-order valence-corrected chi connectivity index (χ4v) is 4.91. The molecule has 0 nitrogen and oxygen atoms in total. The van der Waals surface area contributed by atoms with Crippen LogP contribution in [-0.4, -0.2) is 0 Å². The van der Waals surface area contributed by atoms with Gasteiger partial charge in [0.15, 0.2) is 0 Å². The molecule has 0 bridgehead atoms. The molecule has 0 aliphatic heterocycles. The highest BCUT2D eigenvalue weighted by Crippen LogP contribution is 2.56. The first-order valence-electron chi connectivity index (χ1n) is 11.0. The predicted octanol–water partition coefficient (Wildman–Crippen LogP) is 8.00. The van der Waals surface area contributed by atoms with Crippen molar-refractivity contribution < 1.29 is 0 Å². The molecule has 0 N–H and O–H groups in total. The van der Waals surface area contributed by atoms with Gasteiger partial charge in [0.2, 0.25) is 0 Å². The second kappa shape index (κ2) is 7.95. The maximum absolute atomic E-state index is 2.32. The third-order valence-corrected chi connectivity index (χ3v) is 6.25. The Morgan fingerprint density at radius 3 is 1.57 bits per heavy atom. The normalized spacial score (nSPS) is 13.1. The topological polar surface area (TPSA) is 0 Å². The van der Waals surface area contributed by atoms with Crippen molar-refractivity contribution in [1.82, 2.24) is 0 Å². The van der Waals surface area contributed by atoms with Crippen molar-refractivity contribution in [1.29, 1.82) is 0 Å². The van der Waals surface area contributed by atoms with E-state index in [-0.39, 0.29) is 5.41 Å². The first-order chi connectivity index (χ1) is 14.6. The van der Waals surface area contributed by atoms with Gasteiger partial charge in [0, 0.05) is 0 Å². The minimum absolute atomic E-state index is 0.278. The van der Waals surface area contributed by atoms with Crippen LogP contribution in [0.5, 0.6) is 0 Å². The van der Waals surface area contributed by atoms with Crippen molar-refractivity contribution in [2.75, 3.05) is 0 Å². The molecule has 150 valence electrons. The number of hydrogen-bond donors (Lipinski definition) is 0. The van der Waals surface area contributed by atoms with E-state index in [4.69, 9.17) is 0 Å². The van der Waals surface area contributed by atoms with Gasteiger partial charge < -0.3 is 0 Å². The molecule has 4 aromatic rings. The van der Waals surface area contributed by atoms with E-state index < -0.39 is 0 Å². The first kappa shape index (κ1) is 20.2. The standard InChI is InChI=1S/C28H24.C2H6/c1-19-11-15-22(16-12-19)28(23-17-13-20(2)14-18-23)25-9-5-4-8-24(25)27-21(3)7-6-10-26(27)28;1-2/h4-18H,1-3H3;1-2H3. The van der Waals surface area contributed by atoms with Crippen molar-refractivity contribution in [3.05, 3.63) is 130 Å². The van der Waals surface area contributed by atoms with Crippen LogP contribution in [0.1, 0.15) is 52.8 Å². The lowest BCUT2D eigenvalue weighted by Crippen LogP contribution is -2.28. The van der Waals surface area contributed by atoms with Crippen molar-refractivity contribution in [3.63, 3.8) is 0 Å². The highest BCUT2D eigenvalue weighted by molar-refractivity contribution is 5.87. The number of fused-ring (bicyclic) bond motifs is 3. The smallest absolute Gasteiger partial charge is 0.0683 e. The quantitative estimate of drug-likeness (QED) is 0.286. The van der Waals surface area contributed by atoms with Crippen LogP contribution in [0.15, 0.2) is 91.0 Å². The summed E-state index contributed by atoms with van der Waals surface area (Å²) in [4.78, 5) is 0. The lowest BCUT2D eigenvalue weighted by atomic mass is 9.67. The number of hydrogen-bond acceptors (Lipinski definition) is 0. The van der Waals surface area contributed by atoms with E-state index in [1.165, 1.54) is 50.1 Å². The van der Waals surface area contributed by atoms with Gasteiger partial charge in [-0.1, -0.05) is 116 Å². The average molecular weight is 391 g/mol. The highest BCUT2D eigenvalue weighted by Gasteiger charge is 2.46. The van der Waals surface area contributed by atoms with Crippen LogP contribution in [0.25, 0.3) is 11.1 Å². The summed E-state index contributed by atoms with van der Waals surface area (Å²) in [5.74, 6) is 0. The van der Waals surface area contributed by atoms with Gasteiger partial charge in [0.1, 0.15) is 0 Å². The molecule has 0 fully saturated rings. The molecule has 0 saturated heterocycles. The molecule has 0 heterocycles. The molecule has 5 rings (SSSR count). The van der Waals surface area contributed by atoms with Gasteiger partial charge in [0.05, 0.1) is 5.41 Å². The second-order valence-electron chi connectivity index (χ2n) is 8.03. The van der Waals surface area contributed by atoms with Crippen LogP contribution in [0.3, 0.4) is 0 Å². The SMILES string of the molecule is CC.Cc1ccc(C2(c3ccc(C)cc3)c3ccccc3-c3c(C)cccc32)cc1. The summed E-state index contributed by atoms with van der Waals surface area (Å²) < 4.78 is 0. The monoisotopic (exact) mass is 390 g/mol. The van der Waals surface area contributed by atoms with Gasteiger partial charge in [0.25, 0.3) is 0 Å². The van der Waals surface area contributed by atoms with Crippen molar-refractivity contribution in [2.24, 2.45) is 0 Å². The average Bonchev–Trinajstić information content (AvgIpc) is 3.09. The Kier molecular flexibility index (Phi) is 5.35. The molecular weight excluding hydrogens is 360 g/mol. The lowest BCUT2D eigenvalue weighted by molar-refractivity contribution is 0.767. The summed E-state index contributed by atoms with van der Waals surface area (Å²) in [6.07, 6.45) is 0. The molecule has 0 radical (unpaired) electrons. The molecule has 0 spiro atoms. The van der Waals surface area contributed by atoms with Crippen LogP contribution < -0.4 is 0 Å². The Balaban J connectivity index is 0.00000106. The zero-order valence-electron chi connectivity index (χ0n) is 18.7. The van der Waals surface area contributed by atoms with Crippen LogP contribution >= 0.6 is 0 Å². The lowest BCUT2D eigenvalue weighted by Gasteiger charge is -2.34. The summed E-state index contributed by atoms with van der Waals surface area (Å²) in [6, 6.07) is 33.9. The van der Waals surface area contributed by atoms with Gasteiger partial charge >= 0.3 is 0 Å². The summed E-state index contributed by atoms with van der Waals surface area (Å²) in [6.45, 7) is 10.5. The maximum atomic E-state index is 2.32. The number of rotatable bonds is 2. The van der Waals surface area contributed by atoms with E-state index in [1.807, 2.05) is 13.8 Å². The van der Waals surface area contributed by atoms with Crippen LogP contribution in [0.4, 0.5) is 0 Å².